The van der Waals surface area contributed by atoms with Crippen LogP contribution in [-0.4, -0.2) is 0 Å². The summed E-state index contributed by atoms with van der Waals surface area (Å²) in [6.07, 6.45) is 2.88. The van der Waals surface area contributed by atoms with Crippen molar-refractivity contribution in [1.29, 1.82) is 0 Å². The van der Waals surface area contributed by atoms with Gasteiger partial charge >= 0.3 is 5.63 Å². The first-order valence-corrected chi connectivity index (χ1v) is 8.66. The van der Waals surface area contributed by atoms with Gasteiger partial charge < -0.3 is 4.42 Å². The summed E-state index contributed by atoms with van der Waals surface area (Å²) in [6.45, 7) is 15.3. The van der Waals surface area contributed by atoms with Crippen LogP contribution in [0.5, 0.6) is 0 Å². The maximum atomic E-state index is 12.3. The van der Waals surface area contributed by atoms with Gasteiger partial charge in [-0.2, -0.15) is 0 Å². The Labute approximate surface area is 139 Å². The van der Waals surface area contributed by atoms with Crippen LogP contribution < -0.4 is 5.63 Å². The van der Waals surface area contributed by atoms with E-state index in [-0.39, 0.29) is 16.5 Å². The second kappa shape index (κ2) is 6.14. The van der Waals surface area contributed by atoms with E-state index >= 15 is 0 Å². The highest BCUT2D eigenvalue weighted by molar-refractivity contribution is 5.82. The van der Waals surface area contributed by atoms with Crippen molar-refractivity contribution in [3.63, 3.8) is 0 Å². The highest BCUT2D eigenvalue weighted by atomic mass is 16.4. The Hall–Kier alpha value is -1.57. The van der Waals surface area contributed by atoms with Gasteiger partial charge in [0.05, 0.1) is 0 Å². The maximum Gasteiger partial charge on any atom is 0.339 e. The third kappa shape index (κ3) is 3.85. The van der Waals surface area contributed by atoms with Crippen molar-refractivity contribution in [3.05, 3.63) is 45.3 Å². The molecule has 0 aliphatic heterocycles. The van der Waals surface area contributed by atoms with Gasteiger partial charge in [-0.25, -0.2) is 4.79 Å². The van der Waals surface area contributed by atoms with Crippen molar-refractivity contribution in [3.8, 4) is 0 Å². The van der Waals surface area contributed by atoms with Crippen molar-refractivity contribution in [2.45, 2.75) is 78.6 Å². The van der Waals surface area contributed by atoms with Crippen molar-refractivity contribution in [2.75, 3.05) is 0 Å². The van der Waals surface area contributed by atoms with E-state index in [9.17, 15) is 4.79 Å². The van der Waals surface area contributed by atoms with Crippen LogP contribution >= 0.6 is 0 Å². The van der Waals surface area contributed by atoms with Crippen molar-refractivity contribution < 1.29 is 4.42 Å². The molecule has 126 valence electrons. The smallest absolute Gasteiger partial charge is 0.339 e. The molecular formula is C21H30O2. The van der Waals surface area contributed by atoms with Gasteiger partial charge in [0.15, 0.2) is 0 Å². The summed E-state index contributed by atoms with van der Waals surface area (Å²) in [5.41, 5.74) is 3.75. The number of rotatable bonds is 3. The number of benzene rings is 1. The molecule has 0 amide bonds. The Morgan fingerprint density at radius 3 is 2.13 bits per heavy atom. The molecule has 0 spiro atoms. The molecule has 0 aliphatic carbocycles. The first-order chi connectivity index (χ1) is 10.5. The van der Waals surface area contributed by atoms with Gasteiger partial charge in [-0.15, -0.1) is 0 Å². The molecule has 0 saturated heterocycles. The van der Waals surface area contributed by atoms with Crippen LogP contribution in [0, 0.1) is 0 Å². The lowest BCUT2D eigenvalue weighted by molar-refractivity contribution is 0.517. The fourth-order valence-electron chi connectivity index (χ4n) is 2.81. The zero-order valence-electron chi connectivity index (χ0n) is 15.7. The molecule has 2 rings (SSSR count). The molecule has 0 saturated carbocycles. The Balaban J connectivity index is 2.77. The van der Waals surface area contributed by atoms with E-state index in [1.54, 1.807) is 0 Å². The molecule has 0 atom stereocenters. The Morgan fingerprint density at radius 1 is 0.957 bits per heavy atom. The zero-order chi connectivity index (χ0) is 17.4. The highest BCUT2D eigenvalue weighted by Gasteiger charge is 2.24. The van der Waals surface area contributed by atoms with Gasteiger partial charge in [0.25, 0.3) is 0 Å². The van der Waals surface area contributed by atoms with Crippen molar-refractivity contribution in [1.82, 2.24) is 0 Å². The largest absolute Gasteiger partial charge is 0.422 e. The monoisotopic (exact) mass is 314 g/mol. The molecule has 0 fully saturated rings. The normalized spacial score (nSPS) is 12.8. The predicted octanol–water partition coefficient (Wildman–Crippen LogP) is 5.73. The van der Waals surface area contributed by atoms with E-state index in [0.29, 0.717) is 0 Å². The van der Waals surface area contributed by atoms with E-state index in [1.165, 1.54) is 5.56 Å². The molecule has 0 radical (unpaired) electrons. The lowest BCUT2D eigenvalue weighted by Crippen LogP contribution is -2.18. The average molecular weight is 314 g/mol. The molecule has 1 aromatic carbocycles. The first kappa shape index (κ1) is 17.8. The molecule has 0 bridgehead atoms. The molecule has 0 aliphatic rings. The molecule has 0 unspecified atom stereocenters. The van der Waals surface area contributed by atoms with E-state index in [2.05, 4.69) is 60.6 Å². The third-order valence-corrected chi connectivity index (χ3v) is 4.38. The van der Waals surface area contributed by atoms with Crippen LogP contribution in [0.15, 0.2) is 27.4 Å². The molecule has 1 aromatic heterocycles. The van der Waals surface area contributed by atoms with E-state index in [0.717, 1.165) is 41.4 Å². The summed E-state index contributed by atoms with van der Waals surface area (Å²) < 4.78 is 5.76. The van der Waals surface area contributed by atoms with E-state index in [1.807, 2.05) is 6.07 Å². The van der Waals surface area contributed by atoms with Crippen molar-refractivity contribution in [2.24, 2.45) is 0 Å². The van der Waals surface area contributed by atoms with Gasteiger partial charge in [0, 0.05) is 16.5 Å². The highest BCUT2D eigenvalue weighted by Crippen LogP contribution is 2.35. The molecule has 2 heteroatoms. The fraction of sp³-hybridized carbons (Fsp3) is 0.571. The van der Waals surface area contributed by atoms with Crippen LogP contribution in [0.3, 0.4) is 0 Å². The Bertz CT molecular complexity index is 752. The van der Waals surface area contributed by atoms with Gasteiger partial charge in [0.2, 0.25) is 0 Å². The van der Waals surface area contributed by atoms with E-state index in [4.69, 9.17) is 4.42 Å². The van der Waals surface area contributed by atoms with Crippen LogP contribution in [-0.2, 0) is 17.3 Å². The number of aryl methyl sites for hydroxylation is 1. The molecule has 2 aromatic rings. The van der Waals surface area contributed by atoms with Gasteiger partial charge in [0.1, 0.15) is 5.58 Å². The summed E-state index contributed by atoms with van der Waals surface area (Å²) in [6, 6.07) is 6.43. The minimum atomic E-state index is -0.181. The maximum absolute atomic E-state index is 12.3. The summed E-state index contributed by atoms with van der Waals surface area (Å²) in [5, 5.41) is 1.05. The number of hydrogen-bond donors (Lipinski definition) is 0. The van der Waals surface area contributed by atoms with Gasteiger partial charge in [-0.05, 0) is 41.4 Å². The Kier molecular flexibility index (Phi) is 4.75. The van der Waals surface area contributed by atoms with Gasteiger partial charge in [-0.3, -0.25) is 0 Å². The zero-order valence-corrected chi connectivity index (χ0v) is 15.7. The minimum absolute atomic E-state index is 0.0634. The SMILES string of the molecule is CCCCc1cc2cc(C(C)(C)C)cc(C(C)(C)C)c2oc1=O. The average Bonchev–Trinajstić information content (AvgIpc) is 2.41. The second-order valence-corrected chi connectivity index (χ2v) is 8.60. The molecular weight excluding hydrogens is 284 g/mol. The third-order valence-electron chi connectivity index (χ3n) is 4.38. The number of fused-ring (bicyclic) bond motifs is 1. The van der Waals surface area contributed by atoms with Crippen LogP contribution in [0.4, 0.5) is 0 Å². The second-order valence-electron chi connectivity index (χ2n) is 8.60. The van der Waals surface area contributed by atoms with Crippen LogP contribution in [0.25, 0.3) is 11.0 Å². The number of unbranched alkanes of at least 4 members (excludes halogenated alkanes) is 1. The van der Waals surface area contributed by atoms with Crippen molar-refractivity contribution >= 4 is 11.0 Å². The molecule has 0 N–H and O–H groups in total. The fourth-order valence-corrected chi connectivity index (χ4v) is 2.81. The quantitative estimate of drug-likeness (QED) is 0.677. The van der Waals surface area contributed by atoms with Crippen LogP contribution in [0.2, 0.25) is 0 Å². The molecule has 23 heavy (non-hydrogen) atoms. The first-order valence-electron chi connectivity index (χ1n) is 8.66. The number of hydrogen-bond acceptors (Lipinski definition) is 2. The molecule has 1 heterocycles. The topological polar surface area (TPSA) is 30.2 Å². The van der Waals surface area contributed by atoms with E-state index < -0.39 is 0 Å². The lowest BCUT2D eigenvalue weighted by atomic mass is 9.79. The molecule has 2 nitrogen and oxygen atoms in total. The lowest BCUT2D eigenvalue weighted by Gasteiger charge is -2.26. The standard InChI is InChI=1S/C21H30O2/c1-8-9-10-14-11-15-12-16(20(2,3)4)13-17(21(5,6)7)18(15)23-19(14)22/h11-13H,8-10H2,1-7H3. The van der Waals surface area contributed by atoms with Gasteiger partial charge in [-0.1, -0.05) is 61.0 Å². The summed E-state index contributed by atoms with van der Waals surface area (Å²) in [7, 11) is 0. The summed E-state index contributed by atoms with van der Waals surface area (Å²) >= 11 is 0. The summed E-state index contributed by atoms with van der Waals surface area (Å²) in [5.74, 6) is 0. The minimum Gasteiger partial charge on any atom is -0.422 e. The predicted molar refractivity (Wildman–Crippen MR) is 98.5 cm³/mol. The Morgan fingerprint density at radius 2 is 1.61 bits per heavy atom. The van der Waals surface area contributed by atoms with Crippen LogP contribution in [0.1, 0.15) is 78.0 Å². The summed E-state index contributed by atoms with van der Waals surface area (Å²) in [4.78, 5) is 12.3.